The number of nitrogens with zero attached hydrogens (tertiary/aromatic N) is 1. The highest BCUT2D eigenvalue weighted by Gasteiger charge is 2.29. The average molecular weight is 343 g/mol. The fraction of sp³-hybridized carbons (Fsp3) is 0.500. The molecule has 1 amide bonds. The van der Waals surface area contributed by atoms with E-state index in [9.17, 15) is 9.90 Å². The lowest BCUT2D eigenvalue weighted by molar-refractivity contribution is -0.0858. The van der Waals surface area contributed by atoms with E-state index in [4.69, 9.17) is 10.5 Å². The fourth-order valence-electron chi connectivity index (χ4n) is 2.40. The Balaban J connectivity index is 2.27. The number of ether oxygens (including phenoxy) is 1. The van der Waals surface area contributed by atoms with Crippen molar-refractivity contribution in [1.29, 1.82) is 0 Å². The van der Waals surface area contributed by atoms with E-state index in [0.29, 0.717) is 24.3 Å². The van der Waals surface area contributed by atoms with Gasteiger partial charge in [0.25, 0.3) is 5.91 Å². The topological polar surface area (TPSA) is 75.8 Å². The number of nitrogens with two attached hydrogens (primary N) is 1. The van der Waals surface area contributed by atoms with E-state index in [1.54, 1.807) is 17.0 Å². The molecule has 1 aliphatic rings. The first-order chi connectivity index (χ1) is 9.42. The van der Waals surface area contributed by atoms with Crippen molar-refractivity contribution in [3.8, 4) is 0 Å². The van der Waals surface area contributed by atoms with Crippen LogP contribution in [0, 0.1) is 6.92 Å². The molecule has 110 valence electrons. The molecule has 1 aromatic carbocycles. The van der Waals surface area contributed by atoms with Gasteiger partial charge in [0.1, 0.15) is 0 Å². The number of hydrogen-bond donors (Lipinski definition) is 2. The van der Waals surface area contributed by atoms with Crippen molar-refractivity contribution in [1.82, 2.24) is 4.90 Å². The van der Waals surface area contributed by atoms with Crippen LogP contribution in [0.25, 0.3) is 0 Å². The van der Waals surface area contributed by atoms with Gasteiger partial charge in [-0.3, -0.25) is 4.79 Å². The average Bonchev–Trinajstić information content (AvgIpc) is 2.41. The Hall–Kier alpha value is -1.11. The molecule has 0 bridgehead atoms. The quantitative estimate of drug-likeness (QED) is 0.799. The molecule has 2 unspecified atom stereocenters. The lowest BCUT2D eigenvalue weighted by atomic mass is 10.0. The largest absolute Gasteiger partial charge is 0.398 e. The molecule has 3 N–H and O–H groups in total. The Morgan fingerprint density at radius 2 is 2.25 bits per heavy atom. The van der Waals surface area contributed by atoms with Crippen LogP contribution >= 0.6 is 15.9 Å². The summed E-state index contributed by atoms with van der Waals surface area (Å²) in [7, 11) is 0. The molecule has 0 aliphatic carbocycles. The van der Waals surface area contributed by atoms with Gasteiger partial charge < -0.3 is 20.5 Å². The van der Waals surface area contributed by atoms with E-state index in [0.717, 1.165) is 10.0 Å². The number of carbonyl (C=O) groups excluding carboxylic acids is 1. The van der Waals surface area contributed by atoms with Crippen LogP contribution in [0.2, 0.25) is 0 Å². The van der Waals surface area contributed by atoms with Crippen molar-refractivity contribution in [3.05, 3.63) is 27.7 Å². The number of nitrogen functional groups attached to an aromatic ring is 1. The number of halogens is 1. The summed E-state index contributed by atoms with van der Waals surface area (Å²) in [6.45, 7) is 4.55. The molecule has 20 heavy (non-hydrogen) atoms. The van der Waals surface area contributed by atoms with Crippen LogP contribution < -0.4 is 5.73 Å². The maximum atomic E-state index is 12.6. The minimum Gasteiger partial charge on any atom is -0.398 e. The Bertz CT molecular complexity index is 521. The predicted molar refractivity (Wildman–Crippen MR) is 80.6 cm³/mol. The Morgan fingerprint density at radius 3 is 2.90 bits per heavy atom. The highest BCUT2D eigenvalue weighted by atomic mass is 79.9. The van der Waals surface area contributed by atoms with Crippen LogP contribution in [0.4, 0.5) is 5.69 Å². The van der Waals surface area contributed by atoms with Gasteiger partial charge in [-0.15, -0.1) is 0 Å². The van der Waals surface area contributed by atoms with E-state index in [2.05, 4.69) is 15.9 Å². The molecule has 1 aliphatic heterocycles. The molecule has 0 aromatic heterocycles. The van der Waals surface area contributed by atoms with Crippen molar-refractivity contribution < 1.29 is 14.6 Å². The molecule has 2 atom stereocenters. The van der Waals surface area contributed by atoms with Crippen LogP contribution in [0.1, 0.15) is 22.8 Å². The first-order valence-electron chi connectivity index (χ1n) is 6.53. The van der Waals surface area contributed by atoms with Gasteiger partial charge in [-0.2, -0.15) is 0 Å². The highest BCUT2D eigenvalue weighted by Crippen LogP contribution is 2.25. The Labute approximate surface area is 126 Å². The van der Waals surface area contributed by atoms with Gasteiger partial charge >= 0.3 is 0 Å². The predicted octanol–water partition coefficient (Wildman–Crippen LogP) is 1.56. The minimum atomic E-state index is -0.326. The van der Waals surface area contributed by atoms with Crippen molar-refractivity contribution >= 4 is 27.5 Å². The van der Waals surface area contributed by atoms with Gasteiger partial charge in [-0.05, 0) is 31.5 Å². The van der Waals surface area contributed by atoms with Crippen LogP contribution in [0.5, 0.6) is 0 Å². The van der Waals surface area contributed by atoms with E-state index in [1.165, 1.54) is 0 Å². The number of aliphatic hydroxyl groups is 1. The number of carbonyl (C=O) groups is 1. The first-order valence-corrected chi connectivity index (χ1v) is 7.33. The third kappa shape index (κ3) is 3.13. The second-order valence-corrected chi connectivity index (χ2v) is 6.04. The van der Waals surface area contributed by atoms with Crippen molar-refractivity contribution in [2.24, 2.45) is 0 Å². The minimum absolute atomic E-state index is 0.0795. The second-order valence-electron chi connectivity index (χ2n) is 5.13. The third-order valence-corrected chi connectivity index (χ3v) is 3.92. The number of amides is 1. The van der Waals surface area contributed by atoms with Crippen LogP contribution in [-0.2, 0) is 4.74 Å². The normalized spacial score (nSPS) is 22.9. The standard InChI is InChI=1S/C14H19BrN2O3/c1-8-5-17(6-11(7-18)20-8)14(19)12-3-10(15)4-13(16)9(12)2/h3-4,8,11,18H,5-7,16H2,1-2H3. The molecule has 1 fully saturated rings. The molecule has 2 rings (SSSR count). The van der Waals surface area contributed by atoms with E-state index >= 15 is 0 Å². The molecule has 1 heterocycles. The summed E-state index contributed by atoms with van der Waals surface area (Å²) in [5, 5.41) is 9.23. The zero-order chi connectivity index (χ0) is 14.9. The number of aliphatic hydroxyl groups excluding tert-OH is 1. The van der Waals surface area contributed by atoms with Crippen LogP contribution in [0.3, 0.4) is 0 Å². The molecule has 1 aromatic rings. The molecule has 0 saturated carbocycles. The Kier molecular flexibility index (Phi) is 4.67. The summed E-state index contributed by atoms with van der Waals surface area (Å²) in [6.07, 6.45) is -0.415. The van der Waals surface area contributed by atoms with Gasteiger partial charge in [0.05, 0.1) is 18.8 Å². The summed E-state index contributed by atoms with van der Waals surface area (Å²) >= 11 is 3.36. The first kappa shape index (κ1) is 15.3. The summed E-state index contributed by atoms with van der Waals surface area (Å²) in [4.78, 5) is 14.4. The lowest BCUT2D eigenvalue weighted by Gasteiger charge is -2.36. The lowest BCUT2D eigenvalue weighted by Crippen LogP contribution is -2.50. The summed E-state index contributed by atoms with van der Waals surface area (Å²) in [6, 6.07) is 3.56. The molecule has 0 radical (unpaired) electrons. The zero-order valence-electron chi connectivity index (χ0n) is 11.6. The number of hydrogen-bond acceptors (Lipinski definition) is 4. The summed E-state index contributed by atoms with van der Waals surface area (Å²) < 4.78 is 6.33. The molecular weight excluding hydrogens is 324 g/mol. The van der Waals surface area contributed by atoms with Gasteiger partial charge in [-0.1, -0.05) is 15.9 Å². The molecular formula is C14H19BrN2O3. The monoisotopic (exact) mass is 342 g/mol. The SMILES string of the molecule is Cc1c(N)cc(Br)cc1C(=O)N1CC(C)OC(CO)C1. The van der Waals surface area contributed by atoms with Crippen molar-refractivity contribution in [3.63, 3.8) is 0 Å². The smallest absolute Gasteiger partial charge is 0.254 e. The number of benzene rings is 1. The van der Waals surface area contributed by atoms with E-state index in [1.807, 2.05) is 13.8 Å². The maximum absolute atomic E-state index is 12.6. The molecule has 1 saturated heterocycles. The van der Waals surface area contributed by atoms with Gasteiger partial charge in [0.2, 0.25) is 0 Å². The number of rotatable bonds is 2. The fourth-order valence-corrected chi connectivity index (χ4v) is 2.88. The Morgan fingerprint density at radius 1 is 1.55 bits per heavy atom. The molecule has 5 nitrogen and oxygen atoms in total. The summed E-state index contributed by atoms with van der Waals surface area (Å²) in [5.41, 5.74) is 7.85. The van der Waals surface area contributed by atoms with Gasteiger partial charge in [0.15, 0.2) is 0 Å². The number of morpholine rings is 1. The second kappa shape index (κ2) is 6.11. The van der Waals surface area contributed by atoms with Gasteiger partial charge in [-0.25, -0.2) is 0 Å². The number of anilines is 1. The van der Waals surface area contributed by atoms with Crippen LogP contribution in [-0.4, -0.2) is 47.8 Å². The maximum Gasteiger partial charge on any atom is 0.254 e. The molecule has 0 spiro atoms. The van der Waals surface area contributed by atoms with Gasteiger partial charge in [0, 0.05) is 28.8 Å². The third-order valence-electron chi connectivity index (χ3n) is 3.46. The van der Waals surface area contributed by atoms with Crippen molar-refractivity contribution in [2.45, 2.75) is 26.1 Å². The zero-order valence-corrected chi connectivity index (χ0v) is 13.2. The summed E-state index contributed by atoms with van der Waals surface area (Å²) in [5.74, 6) is -0.0795. The van der Waals surface area contributed by atoms with Crippen molar-refractivity contribution in [2.75, 3.05) is 25.4 Å². The highest BCUT2D eigenvalue weighted by molar-refractivity contribution is 9.10. The molecule has 6 heteroatoms. The van der Waals surface area contributed by atoms with E-state index < -0.39 is 0 Å². The van der Waals surface area contributed by atoms with Crippen LogP contribution in [0.15, 0.2) is 16.6 Å². The van der Waals surface area contributed by atoms with E-state index in [-0.39, 0.29) is 24.7 Å².